The first-order valence-corrected chi connectivity index (χ1v) is 8.49. The molecule has 0 unspecified atom stereocenters. The number of hydrogen-bond donors (Lipinski definition) is 0. The zero-order valence-electron chi connectivity index (χ0n) is 10.1. The third kappa shape index (κ3) is 3.44. The Kier molecular flexibility index (Phi) is 4.10. The molecule has 1 heterocycles. The second-order valence-corrected chi connectivity index (χ2v) is 7.33. The normalized spacial score (nSPS) is 12.4. The van der Waals surface area contributed by atoms with E-state index >= 15 is 0 Å². The number of thioether (sulfide) groups is 1. The maximum atomic E-state index is 13.0. The molecule has 0 radical (unpaired) electrons. The molecule has 0 bridgehead atoms. The summed E-state index contributed by atoms with van der Waals surface area (Å²) in [6, 6.07) is 6.59. The molecule has 8 heteroatoms. The van der Waals surface area contributed by atoms with E-state index in [2.05, 4.69) is 4.98 Å². The van der Waals surface area contributed by atoms with E-state index in [4.69, 9.17) is 0 Å². The summed E-state index contributed by atoms with van der Waals surface area (Å²) in [5.74, 6) is 0.138. The highest BCUT2D eigenvalue weighted by molar-refractivity contribution is 8.00. The lowest BCUT2D eigenvalue weighted by atomic mass is 10.3. The van der Waals surface area contributed by atoms with Crippen LogP contribution in [0.2, 0.25) is 0 Å². The molecule has 0 fully saturated rings. The van der Waals surface area contributed by atoms with Crippen molar-refractivity contribution in [1.82, 2.24) is 9.55 Å². The van der Waals surface area contributed by atoms with Crippen molar-refractivity contribution in [3.05, 3.63) is 24.3 Å². The predicted molar refractivity (Wildman–Crippen MR) is 71.4 cm³/mol. The van der Waals surface area contributed by atoms with E-state index in [1.54, 1.807) is 24.3 Å². The molecule has 104 valence electrons. The first-order valence-electron chi connectivity index (χ1n) is 5.44. The van der Waals surface area contributed by atoms with Gasteiger partial charge in [-0.2, -0.15) is 8.78 Å². The second-order valence-electron chi connectivity index (χ2n) is 4.01. The first kappa shape index (κ1) is 14.3. The van der Waals surface area contributed by atoms with Crippen molar-refractivity contribution < 1.29 is 17.2 Å². The van der Waals surface area contributed by atoms with E-state index in [-0.39, 0.29) is 16.7 Å². The van der Waals surface area contributed by atoms with Gasteiger partial charge in [0.15, 0.2) is 5.16 Å². The molecule has 1 aromatic heterocycles. The minimum absolute atomic E-state index is 0.0654. The Hall–Kier alpha value is -1.15. The third-order valence-electron chi connectivity index (χ3n) is 2.44. The highest BCUT2D eigenvalue weighted by Crippen LogP contribution is 2.29. The lowest BCUT2D eigenvalue weighted by Gasteiger charge is -2.06. The van der Waals surface area contributed by atoms with Gasteiger partial charge in [-0.15, -0.1) is 0 Å². The Morgan fingerprint density at radius 3 is 2.68 bits per heavy atom. The molecule has 1 aromatic carbocycles. The molecule has 0 amide bonds. The van der Waals surface area contributed by atoms with Gasteiger partial charge in [0.2, 0.25) is 0 Å². The minimum atomic E-state index is -3.10. The summed E-state index contributed by atoms with van der Waals surface area (Å²) < 4.78 is 49.0. The quantitative estimate of drug-likeness (QED) is 0.797. The number of imidazole rings is 1. The van der Waals surface area contributed by atoms with E-state index in [0.717, 1.165) is 22.6 Å². The van der Waals surface area contributed by atoms with Gasteiger partial charge in [-0.1, -0.05) is 23.9 Å². The number of rotatable bonds is 5. The lowest BCUT2D eigenvalue weighted by molar-refractivity contribution is 0.0656. The van der Waals surface area contributed by atoms with Crippen LogP contribution < -0.4 is 0 Å². The predicted octanol–water partition coefficient (Wildman–Crippen LogP) is 2.57. The van der Waals surface area contributed by atoms with Gasteiger partial charge in [-0.25, -0.2) is 13.4 Å². The Balaban J connectivity index is 2.29. The van der Waals surface area contributed by atoms with Crippen LogP contribution in [0.4, 0.5) is 8.78 Å². The van der Waals surface area contributed by atoms with E-state index < -0.39 is 16.4 Å². The average Bonchev–Trinajstić information content (AvgIpc) is 2.65. The van der Waals surface area contributed by atoms with Crippen LogP contribution in [0.25, 0.3) is 11.0 Å². The van der Waals surface area contributed by atoms with Gasteiger partial charge in [-0.3, -0.25) is 4.57 Å². The van der Waals surface area contributed by atoms with Crippen LogP contribution in [0.5, 0.6) is 0 Å². The maximum absolute atomic E-state index is 13.0. The van der Waals surface area contributed by atoms with Crippen molar-refractivity contribution in [2.24, 2.45) is 0 Å². The number of fused-ring (bicyclic) bond motifs is 1. The molecule has 0 N–H and O–H groups in total. The molecule has 19 heavy (non-hydrogen) atoms. The monoisotopic (exact) mass is 306 g/mol. The van der Waals surface area contributed by atoms with Gasteiger partial charge in [0.25, 0.3) is 0 Å². The fourth-order valence-corrected chi connectivity index (χ4v) is 3.80. The standard InChI is InChI=1S/C11H12F2N2O2S2/c1-19(16,17)7-6-18-11-14-8-4-2-3-5-9(8)15(11)10(12)13/h2-5,10H,6-7H2,1H3. The summed E-state index contributed by atoms with van der Waals surface area (Å²) >= 11 is 1.02. The van der Waals surface area contributed by atoms with Crippen molar-refractivity contribution >= 4 is 32.6 Å². The van der Waals surface area contributed by atoms with Gasteiger partial charge >= 0.3 is 6.55 Å². The van der Waals surface area contributed by atoms with E-state index in [0.29, 0.717) is 11.0 Å². The number of para-hydroxylation sites is 2. The Morgan fingerprint density at radius 1 is 1.37 bits per heavy atom. The molecular formula is C11H12F2N2O2S2. The molecule has 0 spiro atoms. The minimum Gasteiger partial charge on any atom is -0.261 e. The Morgan fingerprint density at radius 2 is 2.05 bits per heavy atom. The third-order valence-corrected chi connectivity index (χ3v) is 4.60. The van der Waals surface area contributed by atoms with Gasteiger partial charge in [0.05, 0.1) is 16.8 Å². The van der Waals surface area contributed by atoms with Gasteiger partial charge < -0.3 is 0 Å². The molecule has 0 aliphatic heterocycles. The first-order chi connectivity index (χ1) is 8.88. The molecule has 0 atom stereocenters. The van der Waals surface area contributed by atoms with Crippen LogP contribution in [0.15, 0.2) is 29.4 Å². The average molecular weight is 306 g/mol. The highest BCUT2D eigenvalue weighted by atomic mass is 32.2. The molecule has 0 aliphatic carbocycles. The van der Waals surface area contributed by atoms with Crippen molar-refractivity contribution in [1.29, 1.82) is 0 Å². The van der Waals surface area contributed by atoms with E-state index in [9.17, 15) is 17.2 Å². The van der Waals surface area contributed by atoms with E-state index in [1.807, 2.05) is 0 Å². The van der Waals surface area contributed by atoms with Crippen molar-refractivity contribution in [3.8, 4) is 0 Å². The molecule has 0 saturated carbocycles. The van der Waals surface area contributed by atoms with Crippen LogP contribution >= 0.6 is 11.8 Å². The van der Waals surface area contributed by atoms with Crippen LogP contribution in [0.3, 0.4) is 0 Å². The molecule has 4 nitrogen and oxygen atoms in total. The zero-order valence-corrected chi connectivity index (χ0v) is 11.7. The number of alkyl halides is 2. The summed E-state index contributed by atoms with van der Waals surface area (Å²) in [7, 11) is -3.10. The number of benzene rings is 1. The Labute approximate surface area is 113 Å². The van der Waals surface area contributed by atoms with Crippen LogP contribution in [-0.4, -0.2) is 35.7 Å². The summed E-state index contributed by atoms with van der Waals surface area (Å²) in [4.78, 5) is 4.10. The fraction of sp³-hybridized carbons (Fsp3) is 0.364. The SMILES string of the molecule is CS(=O)(=O)CCSc1nc2ccccc2n1C(F)F. The van der Waals surface area contributed by atoms with Gasteiger partial charge in [-0.05, 0) is 12.1 Å². The molecular weight excluding hydrogens is 294 g/mol. The topological polar surface area (TPSA) is 52.0 Å². The summed E-state index contributed by atoms with van der Waals surface area (Å²) in [5.41, 5.74) is 0.823. The number of sulfone groups is 1. The van der Waals surface area contributed by atoms with Crippen LogP contribution in [0.1, 0.15) is 6.55 Å². The summed E-state index contributed by atoms with van der Waals surface area (Å²) in [6.45, 7) is -2.70. The summed E-state index contributed by atoms with van der Waals surface area (Å²) in [6.07, 6.45) is 1.11. The zero-order chi connectivity index (χ0) is 14.0. The van der Waals surface area contributed by atoms with Gasteiger partial charge in [0, 0.05) is 12.0 Å². The van der Waals surface area contributed by atoms with Crippen LogP contribution in [-0.2, 0) is 9.84 Å². The van der Waals surface area contributed by atoms with Crippen LogP contribution in [0, 0.1) is 0 Å². The van der Waals surface area contributed by atoms with Crippen molar-refractivity contribution in [2.75, 3.05) is 17.8 Å². The largest absolute Gasteiger partial charge is 0.321 e. The number of aromatic nitrogens is 2. The molecule has 0 aliphatic rings. The highest BCUT2D eigenvalue weighted by Gasteiger charge is 2.18. The smallest absolute Gasteiger partial charge is 0.261 e. The maximum Gasteiger partial charge on any atom is 0.321 e. The number of halogens is 2. The van der Waals surface area contributed by atoms with E-state index in [1.165, 1.54) is 0 Å². The van der Waals surface area contributed by atoms with Crippen molar-refractivity contribution in [2.45, 2.75) is 11.7 Å². The Bertz CT molecular complexity index is 683. The summed E-state index contributed by atoms with van der Waals surface area (Å²) in [5, 5.41) is 0.139. The lowest BCUT2D eigenvalue weighted by Crippen LogP contribution is -2.06. The molecule has 2 aromatic rings. The molecule has 0 saturated heterocycles. The number of hydrogen-bond acceptors (Lipinski definition) is 4. The number of nitrogens with zero attached hydrogens (tertiary/aromatic N) is 2. The fourth-order valence-electron chi connectivity index (χ4n) is 1.60. The second kappa shape index (κ2) is 5.46. The van der Waals surface area contributed by atoms with Gasteiger partial charge in [0.1, 0.15) is 9.84 Å². The van der Waals surface area contributed by atoms with Crippen molar-refractivity contribution in [3.63, 3.8) is 0 Å². The molecule has 2 rings (SSSR count).